The van der Waals surface area contributed by atoms with Crippen LogP contribution >= 0.6 is 0 Å². The molecule has 184 valence electrons. The molecule has 2 aliphatic rings. The summed E-state index contributed by atoms with van der Waals surface area (Å²) < 4.78 is 22.6. The van der Waals surface area contributed by atoms with E-state index in [9.17, 15) is 9.50 Å². The molecule has 1 saturated heterocycles. The molecular weight excluding hydrogens is 441 g/mol. The van der Waals surface area contributed by atoms with E-state index >= 15 is 0 Å². The van der Waals surface area contributed by atoms with Crippen LogP contribution in [0.1, 0.15) is 61.8 Å². The monoisotopic (exact) mass is 475 g/mol. The van der Waals surface area contributed by atoms with Crippen LogP contribution in [0.25, 0.3) is 27.3 Å². The molecule has 0 bridgehead atoms. The van der Waals surface area contributed by atoms with Crippen LogP contribution in [-0.4, -0.2) is 39.1 Å². The number of rotatable bonds is 3. The molecule has 0 saturated carbocycles. The third-order valence-corrected chi connectivity index (χ3v) is 8.39. The summed E-state index contributed by atoms with van der Waals surface area (Å²) in [5.74, 6) is 0.542. The largest absolute Gasteiger partial charge is 0.385 e. The second-order valence-electron chi connectivity index (χ2n) is 10.8. The topological polar surface area (TPSA) is 50.0 Å². The number of aliphatic hydroxyl groups is 1. The maximum Gasteiger partial charge on any atom is 0.128 e. The van der Waals surface area contributed by atoms with Gasteiger partial charge >= 0.3 is 0 Å². The average molecular weight is 476 g/mol. The second-order valence-corrected chi connectivity index (χ2v) is 10.8. The fourth-order valence-electron chi connectivity index (χ4n) is 5.94. The number of aromatic nitrogens is 2. The van der Waals surface area contributed by atoms with E-state index in [1.54, 1.807) is 6.07 Å². The third kappa shape index (κ3) is 3.83. The van der Waals surface area contributed by atoms with Gasteiger partial charge in [0.1, 0.15) is 5.82 Å². The predicted molar refractivity (Wildman–Crippen MR) is 137 cm³/mol. The van der Waals surface area contributed by atoms with Crippen LogP contribution in [-0.2, 0) is 23.5 Å². The Morgan fingerprint density at radius 1 is 1.17 bits per heavy atom. The van der Waals surface area contributed by atoms with Gasteiger partial charge in [-0.05, 0) is 74.0 Å². The molecule has 6 heteroatoms. The maximum absolute atomic E-state index is 14.6. The SMILES string of the molecule is CCC1(O)CCOCc2cn3cc4c(CN5CCC(C)CC5)c5cc(C)c(F)cc5nc4c3cc21. The minimum atomic E-state index is -0.919. The molecule has 1 aromatic carbocycles. The van der Waals surface area contributed by atoms with Crippen LogP contribution in [0.3, 0.4) is 0 Å². The Bertz CT molecular complexity index is 1440. The number of hydrogen-bond acceptors (Lipinski definition) is 4. The lowest BCUT2D eigenvalue weighted by Gasteiger charge is -2.30. The predicted octanol–water partition coefficient (Wildman–Crippen LogP) is 5.84. The van der Waals surface area contributed by atoms with Crippen LogP contribution in [0.2, 0.25) is 0 Å². The van der Waals surface area contributed by atoms with Crippen LogP contribution < -0.4 is 0 Å². The Labute approximate surface area is 205 Å². The highest BCUT2D eigenvalue weighted by atomic mass is 19.1. The molecule has 35 heavy (non-hydrogen) atoms. The first-order chi connectivity index (χ1) is 16.9. The highest BCUT2D eigenvalue weighted by Gasteiger charge is 2.32. The van der Waals surface area contributed by atoms with Crippen molar-refractivity contribution in [3.8, 4) is 0 Å². The Hall–Kier alpha value is -2.54. The number of aryl methyl sites for hydroxylation is 1. The van der Waals surface area contributed by atoms with Crippen molar-refractivity contribution in [3.63, 3.8) is 0 Å². The van der Waals surface area contributed by atoms with Gasteiger partial charge in [-0.3, -0.25) is 4.90 Å². The van der Waals surface area contributed by atoms with E-state index in [1.165, 1.54) is 18.4 Å². The maximum atomic E-state index is 14.6. The van der Waals surface area contributed by atoms with E-state index in [4.69, 9.17) is 9.72 Å². The quantitative estimate of drug-likeness (QED) is 0.405. The van der Waals surface area contributed by atoms with Gasteiger partial charge in [0.05, 0.1) is 35.4 Å². The Morgan fingerprint density at radius 2 is 1.97 bits per heavy atom. The lowest BCUT2D eigenvalue weighted by molar-refractivity contribution is 0.00232. The number of likely N-dealkylation sites (tertiary alicyclic amines) is 1. The first-order valence-corrected chi connectivity index (χ1v) is 13.0. The van der Waals surface area contributed by atoms with Crippen molar-refractivity contribution in [2.45, 2.75) is 65.2 Å². The molecule has 1 unspecified atom stereocenters. The first kappa shape index (κ1) is 22.9. The molecule has 2 aliphatic heterocycles. The summed E-state index contributed by atoms with van der Waals surface area (Å²) in [4.78, 5) is 7.51. The smallest absolute Gasteiger partial charge is 0.128 e. The van der Waals surface area contributed by atoms with Gasteiger partial charge < -0.3 is 14.2 Å². The van der Waals surface area contributed by atoms with Crippen molar-refractivity contribution in [1.82, 2.24) is 14.3 Å². The zero-order valence-electron chi connectivity index (χ0n) is 20.9. The van der Waals surface area contributed by atoms with E-state index in [-0.39, 0.29) is 5.82 Å². The summed E-state index contributed by atoms with van der Waals surface area (Å²) in [6.45, 7) is 10.2. The number of benzene rings is 1. The van der Waals surface area contributed by atoms with Crippen LogP contribution in [0.15, 0.2) is 30.6 Å². The highest BCUT2D eigenvalue weighted by Crippen LogP contribution is 2.38. The summed E-state index contributed by atoms with van der Waals surface area (Å²) in [6.07, 6.45) is 7.86. The molecule has 0 spiro atoms. The molecule has 0 aliphatic carbocycles. The van der Waals surface area contributed by atoms with E-state index in [1.807, 2.05) is 19.9 Å². The molecule has 1 fully saturated rings. The van der Waals surface area contributed by atoms with Crippen LogP contribution in [0.5, 0.6) is 0 Å². The molecule has 1 atom stereocenters. The number of halogens is 1. The fraction of sp³-hybridized carbons (Fsp3) is 0.483. The van der Waals surface area contributed by atoms with Gasteiger partial charge in [-0.15, -0.1) is 0 Å². The summed E-state index contributed by atoms with van der Waals surface area (Å²) >= 11 is 0. The van der Waals surface area contributed by atoms with Crippen molar-refractivity contribution >= 4 is 27.3 Å². The molecule has 0 radical (unpaired) electrons. The highest BCUT2D eigenvalue weighted by molar-refractivity contribution is 6.04. The Balaban J connectivity index is 1.60. The van der Waals surface area contributed by atoms with Crippen LogP contribution in [0.4, 0.5) is 4.39 Å². The lowest BCUT2D eigenvalue weighted by atomic mass is 9.86. The minimum Gasteiger partial charge on any atom is -0.385 e. The van der Waals surface area contributed by atoms with Gasteiger partial charge in [0.2, 0.25) is 0 Å². The number of piperidine rings is 1. The Morgan fingerprint density at radius 3 is 2.74 bits per heavy atom. The Kier molecular flexibility index (Phi) is 5.59. The van der Waals surface area contributed by atoms with Gasteiger partial charge in [0.15, 0.2) is 0 Å². The zero-order valence-corrected chi connectivity index (χ0v) is 20.9. The molecule has 5 nitrogen and oxygen atoms in total. The van der Waals surface area contributed by atoms with Crippen molar-refractivity contribution in [2.75, 3.05) is 19.7 Å². The second kappa shape index (κ2) is 8.54. The molecule has 3 aromatic heterocycles. The van der Waals surface area contributed by atoms with Crippen molar-refractivity contribution in [1.29, 1.82) is 0 Å². The molecule has 5 heterocycles. The van der Waals surface area contributed by atoms with Gasteiger partial charge in [-0.2, -0.15) is 0 Å². The summed E-state index contributed by atoms with van der Waals surface area (Å²) in [7, 11) is 0. The van der Waals surface area contributed by atoms with Crippen LogP contribution in [0, 0.1) is 18.7 Å². The minimum absolute atomic E-state index is 0.225. The normalized spacial score (nSPS) is 22.2. The number of hydrogen-bond donors (Lipinski definition) is 1. The van der Waals surface area contributed by atoms with E-state index in [0.29, 0.717) is 37.1 Å². The van der Waals surface area contributed by atoms with Gasteiger partial charge in [0, 0.05) is 47.8 Å². The van der Waals surface area contributed by atoms with Gasteiger partial charge in [0.25, 0.3) is 0 Å². The van der Waals surface area contributed by atoms with E-state index in [2.05, 4.69) is 34.7 Å². The zero-order chi connectivity index (χ0) is 24.3. The molecule has 0 amide bonds. The standard InChI is InChI=1S/C29H34FN3O2/c1-4-29(34)7-10-35-17-20-14-33-16-23-22(15-32-8-5-18(2)6-9-32)21-11-19(3)25(30)13-26(21)31-28(23)27(33)12-24(20)29/h11-14,16,18,34H,4-10,15,17H2,1-3H3. The number of pyridine rings is 2. The number of ether oxygens (including phenoxy) is 1. The lowest BCUT2D eigenvalue weighted by Crippen LogP contribution is -2.32. The van der Waals surface area contributed by atoms with Gasteiger partial charge in [-0.25, -0.2) is 9.37 Å². The first-order valence-electron chi connectivity index (χ1n) is 13.0. The molecule has 4 aromatic rings. The third-order valence-electron chi connectivity index (χ3n) is 8.39. The summed E-state index contributed by atoms with van der Waals surface area (Å²) in [5, 5.41) is 13.6. The number of nitrogens with zero attached hydrogens (tertiary/aromatic N) is 3. The van der Waals surface area contributed by atoms with Crippen molar-refractivity contribution < 1.29 is 14.2 Å². The van der Waals surface area contributed by atoms with Gasteiger partial charge in [-0.1, -0.05) is 13.8 Å². The van der Waals surface area contributed by atoms with E-state index in [0.717, 1.165) is 58.5 Å². The summed E-state index contributed by atoms with van der Waals surface area (Å²) in [6, 6.07) is 5.63. The molecular formula is C29H34FN3O2. The molecule has 1 N–H and O–H groups in total. The summed E-state index contributed by atoms with van der Waals surface area (Å²) in [5.41, 5.74) is 5.38. The van der Waals surface area contributed by atoms with E-state index < -0.39 is 5.60 Å². The number of fused-ring (bicyclic) bond motifs is 5. The van der Waals surface area contributed by atoms with Crippen molar-refractivity contribution in [2.24, 2.45) is 5.92 Å². The average Bonchev–Trinajstić information content (AvgIpc) is 3.11. The fourth-order valence-corrected chi connectivity index (χ4v) is 5.94. The molecule has 6 rings (SSSR count). The van der Waals surface area contributed by atoms with Crippen molar-refractivity contribution in [3.05, 3.63) is 58.7 Å².